The summed E-state index contributed by atoms with van der Waals surface area (Å²) in [6.45, 7) is 3.59. The Morgan fingerprint density at radius 3 is 2.79 bits per heavy atom. The Bertz CT molecular complexity index is 1020. The highest BCUT2D eigenvalue weighted by atomic mass is 79.9. The van der Waals surface area contributed by atoms with Crippen LogP contribution in [0.25, 0.3) is 5.65 Å². The Morgan fingerprint density at radius 1 is 1.31 bits per heavy atom. The van der Waals surface area contributed by atoms with Gasteiger partial charge in [0.25, 0.3) is 0 Å². The van der Waals surface area contributed by atoms with Gasteiger partial charge >= 0.3 is 0 Å². The van der Waals surface area contributed by atoms with Gasteiger partial charge in [-0.2, -0.15) is 19.6 Å². The molecule has 152 valence electrons. The van der Waals surface area contributed by atoms with Crippen molar-refractivity contribution in [1.82, 2.24) is 19.6 Å². The number of β-amino-alcohol motifs (C(OH)–C–C–N with tert-alkyl or cyclic N) is 1. The SMILES string of the molecule is CCC(=O)Nc1ccc(CNc2nc(N3CC[C@@H](O)C3)nc3c(Br)cnn23)cc1. The molecule has 4 rings (SSSR count). The van der Waals surface area contributed by atoms with Crippen LogP contribution in [0.5, 0.6) is 0 Å². The number of aliphatic hydroxyl groups excluding tert-OH is 1. The van der Waals surface area contributed by atoms with Crippen LogP contribution < -0.4 is 15.5 Å². The van der Waals surface area contributed by atoms with Crippen LogP contribution in [0, 0.1) is 0 Å². The maximum Gasteiger partial charge on any atom is 0.230 e. The molecule has 1 aliphatic rings. The van der Waals surface area contributed by atoms with Crippen LogP contribution >= 0.6 is 15.9 Å². The largest absolute Gasteiger partial charge is 0.391 e. The molecule has 3 heterocycles. The van der Waals surface area contributed by atoms with Crippen molar-refractivity contribution in [3.05, 3.63) is 40.5 Å². The molecule has 1 atom stereocenters. The van der Waals surface area contributed by atoms with Crippen molar-refractivity contribution < 1.29 is 9.90 Å². The first-order valence-corrected chi connectivity index (χ1v) is 10.3. The van der Waals surface area contributed by atoms with Gasteiger partial charge in [-0.05, 0) is 40.0 Å². The topological polar surface area (TPSA) is 108 Å². The fourth-order valence-electron chi connectivity index (χ4n) is 3.16. The second-order valence-electron chi connectivity index (χ2n) is 6.92. The molecule has 1 fully saturated rings. The van der Waals surface area contributed by atoms with Gasteiger partial charge in [0.1, 0.15) is 0 Å². The van der Waals surface area contributed by atoms with Gasteiger partial charge in [0, 0.05) is 31.7 Å². The van der Waals surface area contributed by atoms with E-state index < -0.39 is 0 Å². The minimum Gasteiger partial charge on any atom is -0.391 e. The zero-order chi connectivity index (χ0) is 20.4. The predicted molar refractivity (Wildman–Crippen MR) is 114 cm³/mol. The summed E-state index contributed by atoms with van der Waals surface area (Å²) in [5.41, 5.74) is 2.48. The first-order chi connectivity index (χ1) is 14.0. The number of carbonyl (C=O) groups excluding carboxylic acids is 1. The van der Waals surface area contributed by atoms with E-state index in [4.69, 9.17) is 0 Å². The van der Waals surface area contributed by atoms with Crippen LogP contribution in [0.1, 0.15) is 25.3 Å². The number of aromatic nitrogens is 4. The number of hydrogen-bond donors (Lipinski definition) is 3. The van der Waals surface area contributed by atoms with Gasteiger partial charge in [0.2, 0.25) is 17.8 Å². The molecular weight excluding hydrogens is 438 g/mol. The highest BCUT2D eigenvalue weighted by Crippen LogP contribution is 2.24. The standard InChI is InChI=1S/C19H22BrN7O2/c1-2-16(29)23-13-5-3-12(4-6-13)9-21-18-25-19(26-8-7-14(28)11-26)24-17-15(20)10-22-27(17)18/h3-6,10,14,28H,2,7-9,11H2,1H3,(H,23,29)(H,21,24,25)/t14-/m1/s1. The minimum absolute atomic E-state index is 0.0110. The number of benzene rings is 1. The maximum atomic E-state index is 11.5. The number of aliphatic hydroxyl groups is 1. The van der Waals surface area contributed by atoms with E-state index in [1.807, 2.05) is 36.1 Å². The van der Waals surface area contributed by atoms with Crippen molar-refractivity contribution >= 4 is 45.1 Å². The summed E-state index contributed by atoms with van der Waals surface area (Å²) in [5.74, 6) is 1.12. The molecule has 0 saturated carbocycles. The zero-order valence-electron chi connectivity index (χ0n) is 16.0. The molecule has 0 unspecified atom stereocenters. The highest BCUT2D eigenvalue weighted by molar-refractivity contribution is 9.10. The Morgan fingerprint density at radius 2 is 2.10 bits per heavy atom. The molecule has 29 heavy (non-hydrogen) atoms. The number of halogens is 1. The molecule has 9 nitrogen and oxygen atoms in total. The third-order valence-corrected chi connectivity index (χ3v) is 5.33. The summed E-state index contributed by atoms with van der Waals surface area (Å²) >= 11 is 3.48. The lowest BCUT2D eigenvalue weighted by atomic mass is 10.2. The Labute approximate surface area is 176 Å². The van der Waals surface area contributed by atoms with E-state index in [0.717, 1.165) is 15.7 Å². The molecular formula is C19H22BrN7O2. The zero-order valence-corrected chi connectivity index (χ0v) is 17.6. The summed E-state index contributed by atoms with van der Waals surface area (Å²) in [7, 11) is 0. The van der Waals surface area contributed by atoms with Gasteiger partial charge in [0.15, 0.2) is 5.65 Å². The third-order valence-electron chi connectivity index (χ3n) is 4.77. The van der Waals surface area contributed by atoms with Crippen molar-refractivity contribution in [2.75, 3.05) is 28.6 Å². The van der Waals surface area contributed by atoms with E-state index in [1.165, 1.54) is 0 Å². The lowest BCUT2D eigenvalue weighted by Crippen LogP contribution is -2.24. The monoisotopic (exact) mass is 459 g/mol. The van der Waals surface area contributed by atoms with E-state index in [1.54, 1.807) is 10.7 Å². The Balaban J connectivity index is 1.53. The number of carbonyl (C=O) groups is 1. The van der Waals surface area contributed by atoms with Gasteiger partial charge in [0.05, 0.1) is 16.8 Å². The van der Waals surface area contributed by atoms with Crippen molar-refractivity contribution in [2.24, 2.45) is 0 Å². The smallest absolute Gasteiger partial charge is 0.230 e. The van der Waals surface area contributed by atoms with Gasteiger partial charge in [-0.3, -0.25) is 4.79 Å². The lowest BCUT2D eigenvalue weighted by molar-refractivity contribution is -0.115. The van der Waals surface area contributed by atoms with Crippen molar-refractivity contribution in [2.45, 2.75) is 32.4 Å². The molecule has 10 heteroatoms. The summed E-state index contributed by atoms with van der Waals surface area (Å²) in [5, 5.41) is 20.3. The first-order valence-electron chi connectivity index (χ1n) is 9.50. The molecule has 3 aromatic rings. The number of nitrogens with one attached hydrogen (secondary N) is 2. The van der Waals surface area contributed by atoms with Crippen LogP contribution in [0.4, 0.5) is 17.6 Å². The van der Waals surface area contributed by atoms with Gasteiger partial charge in [-0.1, -0.05) is 19.1 Å². The number of nitrogens with zero attached hydrogens (tertiary/aromatic N) is 5. The summed E-state index contributed by atoms with van der Waals surface area (Å²) < 4.78 is 2.43. The first kappa shape index (κ1) is 19.6. The van der Waals surface area contributed by atoms with Crippen molar-refractivity contribution in [3.8, 4) is 0 Å². The van der Waals surface area contributed by atoms with Crippen LogP contribution in [0.15, 0.2) is 34.9 Å². The van der Waals surface area contributed by atoms with E-state index in [9.17, 15) is 9.90 Å². The van der Waals surface area contributed by atoms with E-state index >= 15 is 0 Å². The average molecular weight is 460 g/mol. The van der Waals surface area contributed by atoms with Gasteiger partial charge < -0.3 is 20.6 Å². The maximum absolute atomic E-state index is 11.5. The molecule has 0 bridgehead atoms. The van der Waals surface area contributed by atoms with Crippen LogP contribution in [-0.4, -0.2) is 49.8 Å². The second-order valence-corrected chi connectivity index (χ2v) is 7.77. The van der Waals surface area contributed by atoms with Crippen LogP contribution in [-0.2, 0) is 11.3 Å². The second kappa shape index (κ2) is 8.34. The predicted octanol–water partition coefficient (Wildman–Crippen LogP) is 2.42. The number of anilines is 3. The van der Waals surface area contributed by atoms with Crippen LogP contribution in [0.2, 0.25) is 0 Å². The molecule has 0 aliphatic carbocycles. The molecule has 1 aromatic carbocycles. The van der Waals surface area contributed by atoms with E-state index in [0.29, 0.717) is 50.0 Å². The molecule has 1 amide bonds. The Hall–Kier alpha value is -2.72. The fourth-order valence-corrected chi connectivity index (χ4v) is 3.50. The highest BCUT2D eigenvalue weighted by Gasteiger charge is 2.24. The molecule has 1 aliphatic heterocycles. The minimum atomic E-state index is -0.355. The number of amides is 1. The number of fused-ring (bicyclic) bond motifs is 1. The van der Waals surface area contributed by atoms with E-state index in [-0.39, 0.29) is 12.0 Å². The van der Waals surface area contributed by atoms with Crippen molar-refractivity contribution in [3.63, 3.8) is 0 Å². The summed E-state index contributed by atoms with van der Waals surface area (Å²) in [6.07, 6.45) is 2.48. The van der Waals surface area contributed by atoms with Gasteiger partial charge in [-0.25, -0.2) is 0 Å². The molecule has 3 N–H and O–H groups in total. The van der Waals surface area contributed by atoms with Crippen molar-refractivity contribution in [1.29, 1.82) is 0 Å². The molecule has 2 aromatic heterocycles. The van der Waals surface area contributed by atoms with Gasteiger partial charge in [-0.15, -0.1) is 0 Å². The quantitative estimate of drug-likeness (QED) is 0.519. The number of hydrogen-bond acceptors (Lipinski definition) is 7. The Kier molecular flexibility index (Phi) is 5.63. The summed E-state index contributed by atoms with van der Waals surface area (Å²) in [6, 6.07) is 7.66. The fraction of sp³-hybridized carbons (Fsp3) is 0.368. The van der Waals surface area contributed by atoms with E-state index in [2.05, 4.69) is 41.6 Å². The molecule has 0 spiro atoms. The number of rotatable bonds is 6. The molecule has 0 radical (unpaired) electrons. The molecule has 1 saturated heterocycles. The lowest BCUT2D eigenvalue weighted by Gasteiger charge is -2.17. The third kappa shape index (κ3) is 4.33. The average Bonchev–Trinajstić information content (AvgIpc) is 3.33. The van der Waals surface area contributed by atoms with Crippen LogP contribution in [0.3, 0.4) is 0 Å². The normalized spacial score (nSPS) is 16.4. The summed E-state index contributed by atoms with van der Waals surface area (Å²) in [4.78, 5) is 22.7.